The Morgan fingerprint density at radius 2 is 1.01 bits per heavy atom. The van der Waals surface area contributed by atoms with Crippen LogP contribution in [0.4, 0.5) is 10.0 Å². The number of ether oxygens (including phenoxy) is 3. The molecule has 0 amide bonds. The van der Waals surface area contributed by atoms with Crippen molar-refractivity contribution >= 4 is 99.5 Å². The highest BCUT2D eigenvalue weighted by molar-refractivity contribution is 7.33. The monoisotopic (exact) mass is 928 g/mol. The lowest BCUT2D eigenvalue weighted by molar-refractivity contribution is -0.183. The molecule has 0 unspecified atom stereocenters. The third-order valence-corrected chi connectivity index (χ3v) is 14.5. The van der Waals surface area contributed by atoms with Crippen LogP contribution in [-0.2, 0) is 37.9 Å². The molecular formula is C51H24N6O7S3. The van der Waals surface area contributed by atoms with E-state index in [4.69, 9.17) is 24.2 Å². The number of Topliss-reactive ketones (excluding diaryl/α,β-unsaturated/α-hetero) is 2. The predicted molar refractivity (Wildman–Crippen MR) is 250 cm³/mol. The summed E-state index contributed by atoms with van der Waals surface area (Å²) in [5, 5.41) is 40.2. The van der Waals surface area contributed by atoms with Gasteiger partial charge in [0.05, 0.1) is 19.2 Å². The van der Waals surface area contributed by atoms with Gasteiger partial charge in [0.25, 0.3) is 0 Å². The van der Waals surface area contributed by atoms with E-state index in [2.05, 4.69) is 0 Å². The van der Waals surface area contributed by atoms with Gasteiger partial charge in [0.1, 0.15) is 70.1 Å². The van der Waals surface area contributed by atoms with Crippen LogP contribution in [0.2, 0.25) is 0 Å². The first-order valence-corrected chi connectivity index (χ1v) is 22.5. The Labute approximate surface area is 391 Å². The summed E-state index contributed by atoms with van der Waals surface area (Å²) in [5.74, 6) is -3.12. The maximum atomic E-state index is 15.0. The summed E-state index contributed by atoms with van der Waals surface area (Å²) < 4.78 is 19.7. The van der Waals surface area contributed by atoms with E-state index >= 15 is 0 Å². The molecule has 0 bridgehead atoms. The van der Waals surface area contributed by atoms with Gasteiger partial charge in [-0.05, 0) is 34.4 Å². The summed E-state index contributed by atoms with van der Waals surface area (Å²) in [4.78, 5) is 68.0. The molecule has 16 heteroatoms. The Balaban J connectivity index is 1.16. The molecule has 7 aromatic rings. The van der Waals surface area contributed by atoms with Gasteiger partial charge in [-0.25, -0.2) is 19.6 Å². The molecule has 318 valence electrons. The number of carbonyl (C=O) groups is 4. The summed E-state index contributed by atoms with van der Waals surface area (Å²) in [7, 11) is 0. The lowest BCUT2D eigenvalue weighted by atomic mass is 9.91. The van der Waals surface area contributed by atoms with Gasteiger partial charge in [-0.3, -0.25) is 9.59 Å². The molecule has 67 heavy (non-hydrogen) atoms. The van der Waals surface area contributed by atoms with E-state index in [0.29, 0.717) is 46.4 Å². The van der Waals surface area contributed by atoms with E-state index in [-0.39, 0.29) is 74.4 Å². The fourth-order valence-corrected chi connectivity index (χ4v) is 11.6. The van der Waals surface area contributed by atoms with E-state index < -0.39 is 29.1 Å². The number of benzene rings is 4. The number of esters is 2. The molecule has 4 aromatic carbocycles. The molecule has 4 heterocycles. The Bertz CT molecular complexity index is 3550. The van der Waals surface area contributed by atoms with Gasteiger partial charge in [-0.15, -0.1) is 34.0 Å². The van der Waals surface area contributed by atoms with E-state index in [1.165, 1.54) is 17.4 Å². The van der Waals surface area contributed by atoms with Crippen molar-refractivity contribution in [2.45, 2.75) is 18.8 Å². The van der Waals surface area contributed by atoms with E-state index in [1.807, 2.05) is 24.3 Å². The predicted octanol–water partition coefficient (Wildman–Crippen LogP) is 10.3. The molecule has 1 aliphatic heterocycles. The number of hydrogen-bond donors (Lipinski definition) is 0. The van der Waals surface area contributed by atoms with Crippen molar-refractivity contribution in [1.82, 2.24) is 0 Å². The number of rotatable bonds is 8. The summed E-state index contributed by atoms with van der Waals surface area (Å²) >= 11 is 3.37. The number of allylic oxidation sites excluding steroid dienone is 4. The minimum atomic E-state index is -2.62. The maximum Gasteiger partial charge on any atom is 0.367 e. The van der Waals surface area contributed by atoms with Gasteiger partial charge in [0.15, 0.2) is 5.75 Å². The quantitative estimate of drug-likeness (QED) is 0.0793. The summed E-state index contributed by atoms with van der Waals surface area (Å²) in [6.45, 7) is -0.493. The van der Waals surface area contributed by atoms with Crippen molar-refractivity contribution < 1.29 is 33.4 Å². The van der Waals surface area contributed by atoms with Crippen molar-refractivity contribution in [1.29, 1.82) is 21.0 Å². The van der Waals surface area contributed by atoms with Gasteiger partial charge in [-0.1, -0.05) is 109 Å². The lowest BCUT2D eigenvalue weighted by Crippen LogP contribution is -2.52. The Kier molecular flexibility index (Phi) is 10.6. The standard InChI is InChI=1S/C51H24N6O7S3/c52-21-29(22-53)39-31-15-7-9-17-33(31)43(58)41(39)56-37-19-35-46(66-37)48-45(64-51(35,49(60)62-25-27-11-3-1-4-12-27)50(61)63-26-28-13-5-2-6-14-28)47-36(65-48)20-38(67-47)57-42-40(30(23-54)24-55)32-16-8-10-18-34(32)44(42)59/h1-20H,25-26H2/b56-41-,57-42-. The lowest BCUT2D eigenvalue weighted by Gasteiger charge is -2.33. The average molecular weight is 929 g/mol. The second-order valence-corrected chi connectivity index (χ2v) is 18.0. The van der Waals surface area contributed by atoms with Gasteiger partial charge in [-0.2, -0.15) is 21.0 Å². The second kappa shape index (κ2) is 16.9. The number of nitriles is 4. The number of hydrogen-bond acceptors (Lipinski definition) is 16. The first-order chi connectivity index (χ1) is 32.7. The maximum absolute atomic E-state index is 15.0. The minimum absolute atomic E-state index is 0.0220. The molecule has 10 rings (SSSR count). The highest BCUT2D eigenvalue weighted by Crippen LogP contribution is 2.60. The van der Waals surface area contributed by atoms with Crippen LogP contribution in [0.1, 0.15) is 48.5 Å². The van der Waals surface area contributed by atoms with Gasteiger partial charge in [0, 0.05) is 27.8 Å². The smallest absolute Gasteiger partial charge is 0.367 e. The zero-order valence-corrected chi connectivity index (χ0v) is 36.7. The second-order valence-electron chi connectivity index (χ2n) is 14.9. The Morgan fingerprint density at radius 3 is 1.49 bits per heavy atom. The van der Waals surface area contributed by atoms with Crippen molar-refractivity contribution in [3.05, 3.63) is 171 Å². The van der Waals surface area contributed by atoms with Crippen molar-refractivity contribution in [2.75, 3.05) is 0 Å². The zero-order chi connectivity index (χ0) is 46.4. The minimum Gasteiger partial charge on any atom is -0.457 e. The van der Waals surface area contributed by atoms with Gasteiger partial charge >= 0.3 is 17.5 Å². The molecule has 13 nitrogen and oxygen atoms in total. The van der Waals surface area contributed by atoms with E-state index in [1.54, 1.807) is 115 Å². The number of fused-ring (bicyclic) bond motifs is 7. The van der Waals surface area contributed by atoms with Crippen molar-refractivity contribution in [2.24, 2.45) is 9.98 Å². The van der Waals surface area contributed by atoms with E-state index in [0.717, 1.165) is 22.7 Å². The summed E-state index contributed by atoms with van der Waals surface area (Å²) in [5.41, 5.74) is -0.774. The molecule has 0 saturated carbocycles. The van der Waals surface area contributed by atoms with Crippen LogP contribution in [-0.4, -0.2) is 34.9 Å². The zero-order valence-electron chi connectivity index (χ0n) is 34.2. The highest BCUT2D eigenvalue weighted by atomic mass is 32.1. The molecular weight excluding hydrogens is 905 g/mol. The normalized spacial score (nSPS) is 15.0. The fourth-order valence-electron chi connectivity index (χ4n) is 8.01. The summed E-state index contributed by atoms with van der Waals surface area (Å²) in [6, 6.07) is 41.5. The first-order valence-electron chi connectivity index (χ1n) is 20.1. The van der Waals surface area contributed by atoms with Crippen molar-refractivity contribution in [3.63, 3.8) is 0 Å². The van der Waals surface area contributed by atoms with E-state index in [9.17, 15) is 40.2 Å². The molecule has 0 atom stereocenters. The van der Waals surface area contributed by atoms with Crippen LogP contribution >= 0.6 is 34.0 Å². The van der Waals surface area contributed by atoms with Gasteiger partial charge < -0.3 is 14.2 Å². The highest BCUT2D eigenvalue weighted by Gasteiger charge is 2.59. The van der Waals surface area contributed by atoms with Crippen LogP contribution < -0.4 is 4.74 Å². The Morgan fingerprint density at radius 1 is 0.567 bits per heavy atom. The molecule has 2 aliphatic carbocycles. The number of thiophene rings is 3. The number of aliphatic imine (C=N–C) groups is 2. The molecule has 0 fully saturated rings. The number of ketones is 2. The third-order valence-electron chi connectivity index (χ3n) is 11.0. The molecule has 0 N–H and O–H groups in total. The van der Waals surface area contributed by atoms with Gasteiger partial charge in [0.2, 0.25) is 11.6 Å². The van der Waals surface area contributed by atoms with Crippen LogP contribution in [0.15, 0.2) is 142 Å². The molecule has 3 aromatic heterocycles. The summed E-state index contributed by atoms with van der Waals surface area (Å²) in [6.07, 6.45) is 0. The van der Waals surface area contributed by atoms with Crippen LogP contribution in [0.5, 0.6) is 5.75 Å². The Hall–Kier alpha value is -8.90. The molecule has 0 saturated heterocycles. The van der Waals surface area contributed by atoms with Crippen molar-refractivity contribution in [3.8, 4) is 39.8 Å². The SMILES string of the molecule is N#CC(C#N)=C1/C(=N/c2cc3c(s2)-c2sc4cc(/N=C5\C(=O)c6ccccc6C5=C(C#N)C#N)sc4c2OC3(C(=O)OCc2ccccc2)C(=O)OCc2ccccc2)C(=O)c2ccccc21. The number of carbonyl (C=O) groups excluding carboxylic acids is 4. The largest absolute Gasteiger partial charge is 0.457 e. The first kappa shape index (κ1) is 42.1. The molecule has 0 spiro atoms. The fraction of sp³-hybridized carbons (Fsp3) is 0.0588. The number of nitrogens with zero attached hydrogens (tertiary/aromatic N) is 6. The molecule has 0 radical (unpaired) electrons. The molecule has 3 aliphatic rings. The topological polar surface area (TPSA) is 216 Å². The average Bonchev–Trinajstić information content (AvgIpc) is 4.17. The van der Waals surface area contributed by atoms with Crippen LogP contribution in [0, 0.1) is 45.3 Å². The third kappa shape index (κ3) is 6.94. The van der Waals surface area contributed by atoms with Crippen LogP contribution in [0.25, 0.3) is 30.3 Å². The van der Waals surface area contributed by atoms with Crippen LogP contribution in [0.3, 0.4) is 0 Å².